The summed E-state index contributed by atoms with van der Waals surface area (Å²) in [5, 5.41) is 11.7. The van der Waals surface area contributed by atoms with Crippen LogP contribution in [0.15, 0.2) is 54.6 Å². The molecule has 0 spiro atoms. The SMILES string of the molecule is O=C(O)c1ccccc1.c1ccc2c(c1)CCN2. The molecule has 1 heterocycles. The number of anilines is 1. The van der Waals surface area contributed by atoms with Crippen molar-refractivity contribution in [3.05, 3.63) is 65.7 Å². The summed E-state index contributed by atoms with van der Waals surface area (Å²) in [5.41, 5.74) is 3.10. The molecular weight excluding hydrogens is 226 g/mol. The lowest BCUT2D eigenvalue weighted by Crippen LogP contribution is -1.93. The summed E-state index contributed by atoms with van der Waals surface area (Å²) in [5.74, 6) is -0.879. The average Bonchev–Trinajstić information content (AvgIpc) is 2.89. The fourth-order valence-corrected chi connectivity index (χ4v) is 1.82. The van der Waals surface area contributed by atoms with Gasteiger partial charge in [0.25, 0.3) is 0 Å². The Bertz CT molecular complexity index is 500. The standard InChI is InChI=1S/C8H9N.C7H6O2/c1-2-4-8-7(3-1)5-6-9-8;8-7(9)6-4-2-1-3-5-6/h1-4,9H,5-6H2;1-5H,(H,8,9). The molecule has 92 valence electrons. The van der Waals surface area contributed by atoms with Crippen LogP contribution < -0.4 is 5.32 Å². The summed E-state index contributed by atoms with van der Waals surface area (Å²) >= 11 is 0. The Kier molecular flexibility index (Phi) is 3.97. The minimum atomic E-state index is -0.879. The number of hydrogen-bond acceptors (Lipinski definition) is 2. The first-order valence-electron chi connectivity index (χ1n) is 5.87. The largest absolute Gasteiger partial charge is 0.478 e. The van der Waals surface area contributed by atoms with Gasteiger partial charge in [-0.3, -0.25) is 0 Å². The zero-order chi connectivity index (χ0) is 12.8. The van der Waals surface area contributed by atoms with Crippen molar-refractivity contribution in [3.8, 4) is 0 Å². The molecule has 0 amide bonds. The number of hydrogen-bond donors (Lipinski definition) is 2. The molecule has 0 aromatic heterocycles. The molecule has 1 aliphatic rings. The number of aromatic carboxylic acids is 1. The molecule has 0 bridgehead atoms. The first-order chi connectivity index (χ1) is 8.77. The third-order valence-corrected chi connectivity index (χ3v) is 2.75. The van der Waals surface area contributed by atoms with Crippen LogP contribution in [-0.4, -0.2) is 17.6 Å². The molecule has 0 atom stereocenters. The van der Waals surface area contributed by atoms with Crippen molar-refractivity contribution in [3.63, 3.8) is 0 Å². The number of fused-ring (bicyclic) bond motifs is 1. The second-order valence-electron chi connectivity index (χ2n) is 4.01. The Hall–Kier alpha value is -2.29. The Labute approximate surface area is 106 Å². The first kappa shape index (κ1) is 12.2. The van der Waals surface area contributed by atoms with Crippen LogP contribution in [0, 0.1) is 0 Å². The zero-order valence-corrected chi connectivity index (χ0v) is 9.97. The summed E-state index contributed by atoms with van der Waals surface area (Å²) < 4.78 is 0. The van der Waals surface area contributed by atoms with E-state index in [0.717, 1.165) is 6.54 Å². The summed E-state index contributed by atoms with van der Waals surface area (Å²) in [6.07, 6.45) is 1.19. The second kappa shape index (κ2) is 5.87. The van der Waals surface area contributed by atoms with Gasteiger partial charge in [-0.05, 0) is 30.2 Å². The molecule has 0 saturated carbocycles. The fourth-order valence-electron chi connectivity index (χ4n) is 1.82. The molecule has 3 rings (SSSR count). The monoisotopic (exact) mass is 241 g/mol. The number of carbonyl (C=O) groups is 1. The maximum Gasteiger partial charge on any atom is 0.335 e. The van der Waals surface area contributed by atoms with Crippen molar-refractivity contribution in [2.45, 2.75) is 6.42 Å². The predicted molar refractivity (Wildman–Crippen MR) is 72.0 cm³/mol. The molecule has 0 aliphatic carbocycles. The molecule has 2 aromatic carbocycles. The highest BCUT2D eigenvalue weighted by molar-refractivity contribution is 5.87. The van der Waals surface area contributed by atoms with E-state index in [4.69, 9.17) is 5.11 Å². The highest BCUT2D eigenvalue weighted by atomic mass is 16.4. The van der Waals surface area contributed by atoms with Gasteiger partial charge in [0.15, 0.2) is 0 Å². The van der Waals surface area contributed by atoms with Gasteiger partial charge in [0.05, 0.1) is 5.56 Å². The molecule has 0 radical (unpaired) electrons. The van der Waals surface area contributed by atoms with Crippen LogP contribution >= 0.6 is 0 Å². The van der Waals surface area contributed by atoms with E-state index in [-0.39, 0.29) is 0 Å². The van der Waals surface area contributed by atoms with Crippen molar-refractivity contribution in [1.82, 2.24) is 0 Å². The van der Waals surface area contributed by atoms with Gasteiger partial charge < -0.3 is 10.4 Å². The van der Waals surface area contributed by atoms with Crippen LogP contribution in [0.5, 0.6) is 0 Å². The van der Waals surface area contributed by atoms with Gasteiger partial charge in [0.2, 0.25) is 0 Å². The third kappa shape index (κ3) is 3.10. The predicted octanol–water partition coefficient (Wildman–Crippen LogP) is 3.04. The van der Waals surface area contributed by atoms with E-state index in [0.29, 0.717) is 5.56 Å². The number of nitrogens with one attached hydrogen (secondary N) is 1. The molecule has 3 nitrogen and oxygen atoms in total. The van der Waals surface area contributed by atoms with Crippen LogP contribution in [0.4, 0.5) is 5.69 Å². The molecule has 0 unspecified atom stereocenters. The van der Waals surface area contributed by atoms with Crippen LogP contribution in [0.25, 0.3) is 0 Å². The molecule has 2 aromatic rings. The van der Waals surface area contributed by atoms with Crippen molar-refractivity contribution in [2.75, 3.05) is 11.9 Å². The minimum Gasteiger partial charge on any atom is -0.478 e. The molecular formula is C15H15NO2. The number of para-hydroxylation sites is 1. The quantitative estimate of drug-likeness (QED) is 0.806. The van der Waals surface area contributed by atoms with Crippen LogP contribution in [0.2, 0.25) is 0 Å². The van der Waals surface area contributed by atoms with Crippen LogP contribution in [0.1, 0.15) is 15.9 Å². The molecule has 1 aliphatic heterocycles. The van der Waals surface area contributed by atoms with Gasteiger partial charge in [0, 0.05) is 12.2 Å². The van der Waals surface area contributed by atoms with Crippen LogP contribution in [0.3, 0.4) is 0 Å². The summed E-state index contributed by atoms with van der Waals surface area (Å²) in [4.78, 5) is 10.2. The topological polar surface area (TPSA) is 49.3 Å². The minimum absolute atomic E-state index is 0.331. The number of carboxylic acids is 1. The lowest BCUT2D eigenvalue weighted by Gasteiger charge is -1.94. The lowest BCUT2D eigenvalue weighted by molar-refractivity contribution is 0.0697. The Morgan fingerprint density at radius 3 is 2.28 bits per heavy atom. The van der Waals surface area contributed by atoms with E-state index in [1.165, 1.54) is 17.7 Å². The van der Waals surface area contributed by atoms with Crippen molar-refractivity contribution >= 4 is 11.7 Å². The molecule has 18 heavy (non-hydrogen) atoms. The fraction of sp³-hybridized carbons (Fsp3) is 0.133. The van der Waals surface area contributed by atoms with E-state index in [2.05, 4.69) is 29.6 Å². The number of rotatable bonds is 1. The van der Waals surface area contributed by atoms with Gasteiger partial charge in [-0.2, -0.15) is 0 Å². The second-order valence-corrected chi connectivity index (χ2v) is 4.01. The van der Waals surface area contributed by atoms with Gasteiger partial charge in [-0.15, -0.1) is 0 Å². The first-order valence-corrected chi connectivity index (χ1v) is 5.87. The third-order valence-electron chi connectivity index (χ3n) is 2.75. The molecule has 2 N–H and O–H groups in total. The van der Waals surface area contributed by atoms with Crippen molar-refractivity contribution in [2.24, 2.45) is 0 Å². The summed E-state index contributed by atoms with van der Waals surface area (Å²) in [6.45, 7) is 1.11. The highest BCUT2D eigenvalue weighted by Gasteiger charge is 2.05. The maximum absolute atomic E-state index is 10.2. The average molecular weight is 241 g/mol. The van der Waals surface area contributed by atoms with Crippen molar-refractivity contribution in [1.29, 1.82) is 0 Å². The normalized spacial score (nSPS) is 11.8. The molecule has 0 saturated heterocycles. The van der Waals surface area contributed by atoms with Gasteiger partial charge >= 0.3 is 5.97 Å². The zero-order valence-electron chi connectivity index (χ0n) is 9.97. The van der Waals surface area contributed by atoms with Gasteiger partial charge in [-0.1, -0.05) is 36.4 Å². The lowest BCUT2D eigenvalue weighted by atomic mass is 10.2. The van der Waals surface area contributed by atoms with Gasteiger partial charge in [0.1, 0.15) is 0 Å². The Balaban J connectivity index is 0.000000134. The summed E-state index contributed by atoms with van der Waals surface area (Å²) in [7, 11) is 0. The Morgan fingerprint density at radius 2 is 1.67 bits per heavy atom. The molecule has 3 heteroatoms. The van der Waals surface area contributed by atoms with E-state index in [1.54, 1.807) is 30.3 Å². The Morgan fingerprint density at radius 1 is 1.00 bits per heavy atom. The highest BCUT2D eigenvalue weighted by Crippen LogP contribution is 2.19. The smallest absolute Gasteiger partial charge is 0.335 e. The molecule has 0 fully saturated rings. The van der Waals surface area contributed by atoms with E-state index in [9.17, 15) is 4.79 Å². The van der Waals surface area contributed by atoms with E-state index < -0.39 is 5.97 Å². The summed E-state index contributed by atoms with van der Waals surface area (Å²) in [6, 6.07) is 16.8. The van der Waals surface area contributed by atoms with E-state index in [1.807, 2.05) is 0 Å². The van der Waals surface area contributed by atoms with Crippen LogP contribution in [-0.2, 0) is 6.42 Å². The number of benzene rings is 2. The van der Waals surface area contributed by atoms with Gasteiger partial charge in [-0.25, -0.2) is 4.79 Å². The van der Waals surface area contributed by atoms with Crippen molar-refractivity contribution < 1.29 is 9.90 Å². The van der Waals surface area contributed by atoms with E-state index >= 15 is 0 Å². The maximum atomic E-state index is 10.2. The number of carboxylic acid groups (broad SMARTS) is 1.